The highest BCUT2D eigenvalue weighted by Crippen LogP contribution is 2.24. The molecule has 0 bridgehead atoms. The monoisotopic (exact) mass is 431 g/mol. The number of pyridine rings is 1. The van der Waals surface area contributed by atoms with E-state index in [1.54, 1.807) is 41.4 Å². The van der Waals surface area contributed by atoms with Crippen molar-refractivity contribution in [2.75, 3.05) is 26.2 Å². The second-order valence-electron chi connectivity index (χ2n) is 7.99. The number of nitrogens with zero attached hydrogens (tertiary/aromatic N) is 3. The third-order valence-corrected chi connectivity index (χ3v) is 5.88. The highest BCUT2D eigenvalue weighted by Gasteiger charge is 2.32. The number of amides is 2. The molecule has 0 unspecified atom stereocenters. The van der Waals surface area contributed by atoms with Crippen LogP contribution in [0.3, 0.4) is 0 Å². The SMILES string of the molecule is CCN1CCN(C(=O)c2ccccn2)C[C@@H](Cc2cccc(-c3ccc(F)cc3)c2)C1=O. The molecule has 2 heterocycles. The van der Waals surface area contributed by atoms with Crippen molar-refractivity contribution < 1.29 is 14.0 Å². The van der Waals surface area contributed by atoms with Gasteiger partial charge in [-0.3, -0.25) is 14.6 Å². The lowest BCUT2D eigenvalue weighted by atomic mass is 9.94. The largest absolute Gasteiger partial charge is 0.341 e. The van der Waals surface area contributed by atoms with Crippen molar-refractivity contribution in [3.8, 4) is 11.1 Å². The fourth-order valence-corrected chi connectivity index (χ4v) is 4.15. The minimum atomic E-state index is -0.339. The first-order valence-electron chi connectivity index (χ1n) is 10.9. The Morgan fingerprint density at radius 3 is 2.56 bits per heavy atom. The van der Waals surface area contributed by atoms with Gasteiger partial charge in [0.05, 0.1) is 5.92 Å². The summed E-state index contributed by atoms with van der Waals surface area (Å²) in [4.78, 5) is 34.0. The molecule has 1 aliphatic heterocycles. The second kappa shape index (κ2) is 9.73. The minimum Gasteiger partial charge on any atom is -0.341 e. The summed E-state index contributed by atoms with van der Waals surface area (Å²) in [5.41, 5.74) is 3.29. The fraction of sp³-hybridized carbons (Fsp3) is 0.269. The van der Waals surface area contributed by atoms with Crippen LogP contribution in [0.4, 0.5) is 4.39 Å². The molecule has 4 rings (SSSR count). The Labute approximate surface area is 187 Å². The lowest BCUT2D eigenvalue weighted by molar-refractivity contribution is -0.134. The molecule has 0 N–H and O–H groups in total. The third-order valence-electron chi connectivity index (χ3n) is 5.88. The lowest BCUT2D eigenvalue weighted by Crippen LogP contribution is -2.38. The Balaban J connectivity index is 1.57. The first kappa shape index (κ1) is 21.7. The predicted octanol–water partition coefficient (Wildman–Crippen LogP) is 4.05. The van der Waals surface area contributed by atoms with E-state index in [9.17, 15) is 14.0 Å². The summed E-state index contributed by atoms with van der Waals surface area (Å²) in [6.45, 7) is 3.92. The van der Waals surface area contributed by atoms with Crippen LogP contribution in [-0.2, 0) is 11.2 Å². The number of hydrogen-bond acceptors (Lipinski definition) is 3. The average Bonchev–Trinajstić information content (AvgIpc) is 2.98. The maximum atomic E-state index is 13.3. The number of carbonyl (C=O) groups excluding carboxylic acids is 2. The summed E-state index contributed by atoms with van der Waals surface area (Å²) in [6.07, 6.45) is 2.13. The van der Waals surface area contributed by atoms with Gasteiger partial charge in [-0.05, 0) is 54.3 Å². The van der Waals surface area contributed by atoms with E-state index in [4.69, 9.17) is 0 Å². The molecule has 32 heavy (non-hydrogen) atoms. The summed E-state index contributed by atoms with van der Waals surface area (Å²) in [7, 11) is 0. The molecule has 1 atom stereocenters. The Kier molecular flexibility index (Phi) is 6.59. The van der Waals surface area contributed by atoms with E-state index in [2.05, 4.69) is 4.98 Å². The van der Waals surface area contributed by atoms with Crippen molar-refractivity contribution in [3.63, 3.8) is 0 Å². The minimum absolute atomic E-state index is 0.0657. The van der Waals surface area contributed by atoms with Crippen LogP contribution in [0, 0.1) is 11.7 Å². The Morgan fingerprint density at radius 1 is 1.03 bits per heavy atom. The molecule has 6 heteroatoms. The van der Waals surface area contributed by atoms with Crippen LogP contribution in [0.25, 0.3) is 11.1 Å². The van der Waals surface area contributed by atoms with Gasteiger partial charge < -0.3 is 9.80 Å². The van der Waals surface area contributed by atoms with Gasteiger partial charge in [0.25, 0.3) is 5.91 Å². The molecule has 5 nitrogen and oxygen atoms in total. The summed E-state index contributed by atoms with van der Waals surface area (Å²) in [5, 5.41) is 0. The van der Waals surface area contributed by atoms with E-state index in [1.807, 2.05) is 36.1 Å². The summed E-state index contributed by atoms with van der Waals surface area (Å²) in [5.74, 6) is -0.697. The van der Waals surface area contributed by atoms with Crippen molar-refractivity contribution in [1.29, 1.82) is 0 Å². The van der Waals surface area contributed by atoms with Crippen LogP contribution in [-0.4, -0.2) is 52.8 Å². The summed E-state index contributed by atoms with van der Waals surface area (Å²) >= 11 is 0. The van der Waals surface area contributed by atoms with Crippen LogP contribution < -0.4 is 0 Å². The highest BCUT2D eigenvalue weighted by molar-refractivity contribution is 5.93. The Bertz CT molecular complexity index is 1090. The molecule has 1 fully saturated rings. The van der Waals surface area contributed by atoms with E-state index in [0.29, 0.717) is 38.3 Å². The van der Waals surface area contributed by atoms with Gasteiger partial charge in [0.2, 0.25) is 5.91 Å². The first-order valence-corrected chi connectivity index (χ1v) is 10.9. The molecule has 0 spiro atoms. The molecule has 2 amide bonds. The summed E-state index contributed by atoms with van der Waals surface area (Å²) in [6, 6.07) is 19.6. The van der Waals surface area contributed by atoms with Crippen LogP contribution in [0.5, 0.6) is 0 Å². The standard InChI is InChI=1S/C26H26FN3O2/c1-2-29-14-15-30(26(32)24-8-3-4-13-28-24)18-22(25(29)31)17-19-6-5-7-21(16-19)20-9-11-23(27)12-10-20/h3-13,16,22H,2,14-15,17-18H2,1H3/t22-/m1/s1. The first-order chi connectivity index (χ1) is 15.5. The number of halogens is 1. The molecule has 0 aliphatic carbocycles. The van der Waals surface area contributed by atoms with Crippen LogP contribution in [0.2, 0.25) is 0 Å². The van der Waals surface area contributed by atoms with E-state index < -0.39 is 0 Å². The predicted molar refractivity (Wildman–Crippen MR) is 121 cm³/mol. The second-order valence-corrected chi connectivity index (χ2v) is 7.99. The van der Waals surface area contributed by atoms with Gasteiger partial charge in [0.1, 0.15) is 11.5 Å². The van der Waals surface area contributed by atoms with E-state index in [1.165, 1.54) is 12.1 Å². The average molecular weight is 432 g/mol. The zero-order chi connectivity index (χ0) is 22.5. The van der Waals surface area contributed by atoms with Gasteiger partial charge in [0, 0.05) is 32.4 Å². The van der Waals surface area contributed by atoms with Crippen molar-refractivity contribution >= 4 is 11.8 Å². The third kappa shape index (κ3) is 4.85. The molecular weight excluding hydrogens is 405 g/mol. The van der Waals surface area contributed by atoms with Crippen LogP contribution in [0.1, 0.15) is 23.0 Å². The number of likely N-dealkylation sites (N-methyl/N-ethyl adjacent to an activating group) is 1. The molecule has 3 aromatic rings. The Morgan fingerprint density at radius 2 is 1.84 bits per heavy atom. The lowest BCUT2D eigenvalue weighted by Gasteiger charge is -2.23. The maximum Gasteiger partial charge on any atom is 0.272 e. The number of carbonyl (C=O) groups is 2. The topological polar surface area (TPSA) is 53.5 Å². The zero-order valence-corrected chi connectivity index (χ0v) is 18.1. The fourth-order valence-electron chi connectivity index (χ4n) is 4.15. The van der Waals surface area contributed by atoms with Crippen LogP contribution in [0.15, 0.2) is 72.9 Å². The molecule has 0 saturated carbocycles. The number of aromatic nitrogens is 1. The molecule has 2 aromatic carbocycles. The van der Waals surface area contributed by atoms with Crippen molar-refractivity contribution in [1.82, 2.24) is 14.8 Å². The van der Waals surface area contributed by atoms with Gasteiger partial charge in [-0.1, -0.05) is 42.5 Å². The van der Waals surface area contributed by atoms with Crippen molar-refractivity contribution in [2.45, 2.75) is 13.3 Å². The molecule has 164 valence electrons. The normalized spacial score (nSPS) is 16.7. The van der Waals surface area contributed by atoms with E-state index >= 15 is 0 Å². The number of benzene rings is 2. The zero-order valence-electron chi connectivity index (χ0n) is 18.1. The van der Waals surface area contributed by atoms with E-state index in [-0.39, 0.29) is 23.5 Å². The molecule has 1 aliphatic rings. The molecule has 0 radical (unpaired) electrons. The number of rotatable bonds is 5. The van der Waals surface area contributed by atoms with Crippen molar-refractivity contribution in [3.05, 3.63) is 90.0 Å². The maximum absolute atomic E-state index is 13.3. The Hall–Kier alpha value is -3.54. The van der Waals surface area contributed by atoms with Gasteiger partial charge in [-0.25, -0.2) is 4.39 Å². The van der Waals surface area contributed by atoms with Gasteiger partial charge in [-0.15, -0.1) is 0 Å². The van der Waals surface area contributed by atoms with Gasteiger partial charge in [0.15, 0.2) is 0 Å². The smallest absolute Gasteiger partial charge is 0.272 e. The number of hydrogen-bond donors (Lipinski definition) is 0. The highest BCUT2D eigenvalue weighted by atomic mass is 19.1. The summed E-state index contributed by atoms with van der Waals surface area (Å²) < 4.78 is 13.3. The molecule has 1 saturated heterocycles. The van der Waals surface area contributed by atoms with Crippen molar-refractivity contribution in [2.24, 2.45) is 5.92 Å². The van der Waals surface area contributed by atoms with Gasteiger partial charge in [-0.2, -0.15) is 0 Å². The molecular formula is C26H26FN3O2. The molecule has 1 aromatic heterocycles. The van der Waals surface area contributed by atoms with E-state index in [0.717, 1.165) is 16.7 Å². The van der Waals surface area contributed by atoms with Gasteiger partial charge >= 0.3 is 0 Å². The quantitative estimate of drug-likeness (QED) is 0.612. The van der Waals surface area contributed by atoms with Crippen LogP contribution >= 0.6 is 0 Å².